The highest BCUT2D eigenvalue weighted by molar-refractivity contribution is 9.10. The van der Waals surface area contributed by atoms with Gasteiger partial charge in [-0.15, -0.1) is 0 Å². The van der Waals surface area contributed by atoms with Gasteiger partial charge in [-0.3, -0.25) is 0 Å². The van der Waals surface area contributed by atoms with E-state index >= 15 is 0 Å². The van der Waals surface area contributed by atoms with E-state index in [1.54, 1.807) is 0 Å². The van der Waals surface area contributed by atoms with E-state index in [4.69, 9.17) is 10.5 Å². The van der Waals surface area contributed by atoms with Gasteiger partial charge in [-0.1, -0.05) is 12.1 Å². The van der Waals surface area contributed by atoms with Crippen LogP contribution in [0.4, 0.5) is 0 Å². The number of methoxy groups -OCH3 is 1. The maximum absolute atomic E-state index is 11.0. The first-order valence-electron chi connectivity index (χ1n) is 4.86. The van der Waals surface area contributed by atoms with Gasteiger partial charge >= 0.3 is 5.97 Å². The van der Waals surface area contributed by atoms with Crippen LogP contribution in [0.1, 0.15) is 5.56 Å². The van der Waals surface area contributed by atoms with Crippen LogP contribution in [-0.4, -0.2) is 26.2 Å². The summed E-state index contributed by atoms with van der Waals surface area (Å²) in [5, 5.41) is 0. The van der Waals surface area contributed by atoms with Crippen molar-refractivity contribution in [1.29, 1.82) is 0 Å². The van der Waals surface area contributed by atoms with E-state index in [0.717, 1.165) is 10.0 Å². The first-order chi connectivity index (χ1) is 7.69. The lowest BCUT2D eigenvalue weighted by molar-refractivity contribution is -0.142. The topological polar surface area (TPSA) is 61.5 Å². The molecule has 0 aliphatic rings. The zero-order valence-corrected chi connectivity index (χ0v) is 10.6. The summed E-state index contributed by atoms with van der Waals surface area (Å²) >= 11 is 3.37. The quantitative estimate of drug-likeness (QED) is 0.834. The summed E-state index contributed by atoms with van der Waals surface area (Å²) < 4.78 is 10.7. The Kier molecular flexibility index (Phi) is 5.28. The minimum absolute atomic E-state index is 0.101. The van der Waals surface area contributed by atoms with Crippen molar-refractivity contribution in [1.82, 2.24) is 0 Å². The van der Waals surface area contributed by atoms with Crippen molar-refractivity contribution in [3.05, 3.63) is 28.2 Å². The normalized spacial score (nSPS) is 9.94. The van der Waals surface area contributed by atoms with Gasteiger partial charge in [0.15, 0.2) is 6.61 Å². The maximum Gasteiger partial charge on any atom is 0.343 e. The molecule has 4 nitrogen and oxygen atoms in total. The molecule has 0 amide bonds. The molecule has 0 saturated heterocycles. The molecule has 1 rings (SSSR count). The summed E-state index contributed by atoms with van der Waals surface area (Å²) in [6.45, 7) is 0.432. The van der Waals surface area contributed by atoms with Gasteiger partial charge in [0.25, 0.3) is 0 Å². The zero-order chi connectivity index (χ0) is 12.0. The molecule has 0 atom stereocenters. The molecule has 0 heterocycles. The number of esters is 1. The average Bonchev–Trinajstić information content (AvgIpc) is 2.28. The third-order valence-corrected chi connectivity index (χ3v) is 2.65. The fourth-order valence-corrected chi connectivity index (χ4v) is 1.78. The van der Waals surface area contributed by atoms with E-state index in [9.17, 15) is 4.79 Å². The Morgan fingerprint density at radius 2 is 2.25 bits per heavy atom. The lowest BCUT2D eigenvalue weighted by atomic mass is 10.1. The Hall–Kier alpha value is -1.07. The lowest BCUT2D eigenvalue weighted by Gasteiger charge is -2.11. The highest BCUT2D eigenvalue weighted by Gasteiger charge is 2.09. The van der Waals surface area contributed by atoms with E-state index < -0.39 is 5.97 Å². The summed E-state index contributed by atoms with van der Waals surface area (Å²) in [5.41, 5.74) is 6.47. The molecular formula is C11H14BrNO3. The van der Waals surface area contributed by atoms with E-state index in [0.29, 0.717) is 18.7 Å². The van der Waals surface area contributed by atoms with Crippen LogP contribution in [0.15, 0.2) is 22.7 Å². The highest BCUT2D eigenvalue weighted by atomic mass is 79.9. The minimum Gasteiger partial charge on any atom is -0.480 e. The number of ether oxygens (including phenoxy) is 2. The molecule has 88 valence electrons. The molecule has 0 aliphatic carbocycles. The number of carbonyl (C=O) groups excluding carboxylic acids is 1. The van der Waals surface area contributed by atoms with Crippen molar-refractivity contribution in [2.45, 2.75) is 6.42 Å². The number of rotatable bonds is 5. The predicted molar refractivity (Wildman–Crippen MR) is 64.4 cm³/mol. The summed E-state index contributed by atoms with van der Waals surface area (Å²) in [6, 6.07) is 5.68. The Labute approximate surface area is 103 Å². The van der Waals surface area contributed by atoms with Crippen LogP contribution in [0.5, 0.6) is 5.75 Å². The Balaban J connectivity index is 2.79. The average molecular weight is 288 g/mol. The summed E-state index contributed by atoms with van der Waals surface area (Å²) in [7, 11) is 1.33. The van der Waals surface area contributed by atoms with E-state index in [2.05, 4.69) is 20.7 Å². The highest BCUT2D eigenvalue weighted by Crippen LogP contribution is 2.29. The molecule has 0 saturated carbocycles. The van der Waals surface area contributed by atoms with Gasteiger partial charge in [0.05, 0.1) is 11.6 Å². The summed E-state index contributed by atoms with van der Waals surface area (Å²) in [4.78, 5) is 11.0. The fraction of sp³-hybridized carbons (Fsp3) is 0.364. The number of carbonyl (C=O) groups is 1. The largest absolute Gasteiger partial charge is 0.480 e. The van der Waals surface area contributed by atoms with Crippen LogP contribution in [0, 0.1) is 0 Å². The predicted octanol–water partition coefficient (Wildman–Crippen LogP) is 1.50. The van der Waals surface area contributed by atoms with Crippen molar-refractivity contribution >= 4 is 21.9 Å². The van der Waals surface area contributed by atoms with Gasteiger partial charge in [0, 0.05) is 0 Å². The second-order valence-corrected chi connectivity index (χ2v) is 3.99. The zero-order valence-electron chi connectivity index (χ0n) is 9.03. The van der Waals surface area contributed by atoms with Gasteiger partial charge in [0.1, 0.15) is 5.75 Å². The SMILES string of the molecule is COC(=O)COc1c(Br)cccc1CCN. The van der Waals surface area contributed by atoms with Gasteiger partial charge in [0.2, 0.25) is 0 Å². The Morgan fingerprint density at radius 3 is 2.88 bits per heavy atom. The number of halogens is 1. The van der Waals surface area contributed by atoms with Crippen molar-refractivity contribution in [3.63, 3.8) is 0 Å². The first kappa shape index (κ1) is 13.0. The maximum atomic E-state index is 11.0. The van der Waals surface area contributed by atoms with Gasteiger partial charge in [-0.25, -0.2) is 4.79 Å². The molecule has 1 aromatic carbocycles. The van der Waals surface area contributed by atoms with Crippen molar-refractivity contribution < 1.29 is 14.3 Å². The van der Waals surface area contributed by atoms with Crippen LogP contribution >= 0.6 is 15.9 Å². The molecule has 0 aliphatic heterocycles. The third-order valence-electron chi connectivity index (χ3n) is 2.02. The minimum atomic E-state index is -0.408. The molecule has 0 fully saturated rings. The smallest absolute Gasteiger partial charge is 0.343 e. The van der Waals surface area contributed by atoms with Gasteiger partial charge < -0.3 is 15.2 Å². The summed E-state index contributed by atoms with van der Waals surface area (Å²) in [6.07, 6.45) is 0.704. The molecule has 16 heavy (non-hydrogen) atoms. The second kappa shape index (κ2) is 6.50. The molecule has 0 unspecified atom stereocenters. The van der Waals surface area contributed by atoms with Crippen molar-refractivity contribution in [3.8, 4) is 5.75 Å². The molecule has 5 heteroatoms. The molecule has 0 aromatic heterocycles. The van der Waals surface area contributed by atoms with Crippen LogP contribution in [0.25, 0.3) is 0 Å². The second-order valence-electron chi connectivity index (χ2n) is 3.13. The number of hydrogen-bond donors (Lipinski definition) is 1. The van der Waals surface area contributed by atoms with Crippen LogP contribution in [-0.2, 0) is 16.0 Å². The molecular weight excluding hydrogens is 274 g/mol. The summed E-state index contributed by atoms with van der Waals surface area (Å²) in [5.74, 6) is 0.243. The third kappa shape index (κ3) is 3.50. The number of hydrogen-bond acceptors (Lipinski definition) is 4. The van der Waals surface area contributed by atoms with Crippen LogP contribution in [0.2, 0.25) is 0 Å². The Bertz CT molecular complexity index is 368. The number of benzene rings is 1. The van der Waals surface area contributed by atoms with Crippen molar-refractivity contribution in [2.24, 2.45) is 5.73 Å². The Morgan fingerprint density at radius 1 is 1.50 bits per heavy atom. The van der Waals surface area contributed by atoms with Crippen LogP contribution in [0.3, 0.4) is 0 Å². The van der Waals surface area contributed by atoms with E-state index in [1.165, 1.54) is 7.11 Å². The molecule has 0 bridgehead atoms. The van der Waals surface area contributed by atoms with Gasteiger partial charge in [-0.05, 0) is 40.5 Å². The first-order valence-corrected chi connectivity index (χ1v) is 5.65. The van der Waals surface area contributed by atoms with Gasteiger partial charge in [-0.2, -0.15) is 0 Å². The molecule has 0 spiro atoms. The fourth-order valence-electron chi connectivity index (χ4n) is 1.26. The van der Waals surface area contributed by atoms with E-state index in [1.807, 2.05) is 18.2 Å². The number of nitrogens with two attached hydrogens (primary N) is 1. The monoisotopic (exact) mass is 287 g/mol. The number of para-hydroxylation sites is 1. The standard InChI is InChI=1S/C11H14BrNO3/c1-15-10(14)7-16-11-8(5-6-13)3-2-4-9(11)12/h2-4H,5-7,13H2,1H3. The molecule has 2 N–H and O–H groups in total. The lowest BCUT2D eigenvalue weighted by Crippen LogP contribution is -2.14. The molecule has 1 aromatic rings. The van der Waals surface area contributed by atoms with Crippen molar-refractivity contribution in [2.75, 3.05) is 20.3 Å². The van der Waals surface area contributed by atoms with E-state index in [-0.39, 0.29) is 6.61 Å². The molecule has 0 radical (unpaired) electrons. The van der Waals surface area contributed by atoms with Crippen LogP contribution < -0.4 is 10.5 Å².